The van der Waals surface area contributed by atoms with Crippen LogP contribution < -0.4 is 11.0 Å². The largest absolute Gasteiger partial charge is 0.352 e. The zero-order chi connectivity index (χ0) is 14.2. The fraction of sp³-hybridized carbons (Fsp3) is 0.500. The SMILES string of the molecule is [2H]NC(=O)N[C@H](CON1CCCC1)Cc1ccccc1. The highest BCUT2D eigenvalue weighted by Crippen LogP contribution is 2.09. The lowest BCUT2D eigenvalue weighted by molar-refractivity contribution is -0.148. The minimum Gasteiger partial charge on any atom is -0.352 e. The van der Waals surface area contributed by atoms with Crippen LogP contribution in [0.2, 0.25) is 1.41 Å². The number of benzene rings is 1. The second-order valence-electron chi connectivity index (χ2n) is 4.79. The molecule has 2 rings (SSSR count). The molecule has 0 saturated carbocycles. The van der Waals surface area contributed by atoms with Crippen molar-refractivity contribution in [1.29, 1.82) is 0 Å². The number of primary amides is 1. The second kappa shape index (κ2) is 7.11. The summed E-state index contributed by atoms with van der Waals surface area (Å²) in [6, 6.07) is 9.28. The molecule has 1 saturated heterocycles. The quantitative estimate of drug-likeness (QED) is 0.813. The van der Waals surface area contributed by atoms with Crippen LogP contribution in [0.4, 0.5) is 4.79 Å². The first-order chi connectivity index (χ1) is 9.78. The predicted octanol–water partition coefficient (Wildman–Crippen LogP) is 1.29. The number of hydrogen-bond donors (Lipinski definition) is 2. The molecule has 19 heavy (non-hydrogen) atoms. The van der Waals surface area contributed by atoms with E-state index >= 15 is 0 Å². The van der Waals surface area contributed by atoms with Crippen LogP contribution in [-0.2, 0) is 11.3 Å². The number of carbonyl (C=O) groups excluding carboxylic acids is 1. The average molecular weight is 264 g/mol. The molecule has 0 bridgehead atoms. The predicted molar refractivity (Wildman–Crippen MR) is 73.4 cm³/mol. The van der Waals surface area contributed by atoms with Crippen LogP contribution in [0.3, 0.4) is 0 Å². The van der Waals surface area contributed by atoms with E-state index in [1.165, 1.54) is 0 Å². The molecule has 5 heteroatoms. The molecule has 5 nitrogen and oxygen atoms in total. The molecule has 2 amide bonds. The molecule has 1 aromatic carbocycles. The molecule has 1 atom stereocenters. The van der Waals surface area contributed by atoms with Gasteiger partial charge in [0.25, 0.3) is 0 Å². The van der Waals surface area contributed by atoms with Gasteiger partial charge in [0, 0.05) is 13.1 Å². The Bertz CT molecular complexity index is 410. The Morgan fingerprint density at radius 3 is 2.84 bits per heavy atom. The van der Waals surface area contributed by atoms with E-state index in [-0.39, 0.29) is 6.04 Å². The number of urea groups is 1. The van der Waals surface area contributed by atoms with E-state index in [1.54, 1.807) is 0 Å². The Morgan fingerprint density at radius 2 is 2.16 bits per heavy atom. The van der Waals surface area contributed by atoms with Gasteiger partial charge in [-0.05, 0) is 24.8 Å². The smallest absolute Gasteiger partial charge is 0.312 e. The van der Waals surface area contributed by atoms with E-state index in [1.807, 2.05) is 41.1 Å². The fourth-order valence-electron chi connectivity index (χ4n) is 2.25. The first-order valence-corrected chi connectivity index (χ1v) is 6.68. The molecule has 1 fully saturated rings. The Morgan fingerprint density at radius 1 is 1.42 bits per heavy atom. The summed E-state index contributed by atoms with van der Waals surface area (Å²) < 4.78 is 6.87. The highest BCUT2D eigenvalue weighted by atomic mass is 16.7. The maximum Gasteiger partial charge on any atom is 0.312 e. The van der Waals surface area contributed by atoms with Gasteiger partial charge in [0.2, 0.25) is 0 Å². The Balaban J connectivity index is 1.87. The van der Waals surface area contributed by atoms with Gasteiger partial charge in [0.15, 0.2) is 1.41 Å². The van der Waals surface area contributed by atoms with Gasteiger partial charge in [-0.1, -0.05) is 30.3 Å². The third-order valence-corrected chi connectivity index (χ3v) is 3.18. The van der Waals surface area contributed by atoms with Crippen molar-refractivity contribution in [1.82, 2.24) is 10.4 Å². The lowest BCUT2D eigenvalue weighted by atomic mass is 10.1. The van der Waals surface area contributed by atoms with E-state index in [4.69, 9.17) is 6.25 Å². The third kappa shape index (κ3) is 4.89. The number of hydrogen-bond acceptors (Lipinski definition) is 3. The van der Waals surface area contributed by atoms with E-state index in [0.29, 0.717) is 13.0 Å². The molecule has 0 aliphatic carbocycles. The summed E-state index contributed by atoms with van der Waals surface area (Å²) in [6.45, 7) is 2.31. The normalized spacial score (nSPS) is 17.8. The standard InChI is InChI=1S/C14H21N3O2/c15-14(18)16-13(10-12-6-2-1-3-7-12)11-19-17-8-4-5-9-17/h1-3,6-7,13H,4-5,8-11H2,(H3,15,16,18)/t13-/m0/s1/i/hD. The van der Waals surface area contributed by atoms with Crippen molar-refractivity contribution < 1.29 is 11.0 Å². The van der Waals surface area contributed by atoms with Crippen molar-refractivity contribution in [2.75, 3.05) is 19.7 Å². The molecule has 0 radical (unpaired) electrons. The van der Waals surface area contributed by atoms with Gasteiger partial charge < -0.3 is 11.0 Å². The topological polar surface area (TPSA) is 67.6 Å². The van der Waals surface area contributed by atoms with Crippen LogP contribution in [0.25, 0.3) is 0 Å². The van der Waals surface area contributed by atoms with Gasteiger partial charge in [-0.2, -0.15) is 5.06 Å². The number of amides is 2. The molecular weight excluding hydrogens is 242 g/mol. The second-order valence-corrected chi connectivity index (χ2v) is 4.79. The van der Waals surface area contributed by atoms with Crippen LogP contribution in [0.15, 0.2) is 30.3 Å². The summed E-state index contributed by atoms with van der Waals surface area (Å²) in [6.07, 6.45) is 3.00. The molecule has 1 aliphatic rings. The van der Waals surface area contributed by atoms with Gasteiger partial charge in [-0.15, -0.1) is 0 Å². The number of hydroxylamine groups is 2. The number of rotatable bonds is 6. The van der Waals surface area contributed by atoms with Gasteiger partial charge in [-0.3, -0.25) is 4.84 Å². The molecule has 1 aromatic rings. The van der Waals surface area contributed by atoms with E-state index in [9.17, 15) is 4.79 Å². The molecule has 1 heterocycles. The van der Waals surface area contributed by atoms with Gasteiger partial charge in [0.1, 0.15) is 0 Å². The minimum absolute atomic E-state index is 0.150. The maximum atomic E-state index is 11.3. The molecule has 104 valence electrons. The number of nitrogens with zero attached hydrogens (tertiary/aromatic N) is 1. The monoisotopic (exact) mass is 264 g/mol. The molecule has 3 N–H and O–H groups in total. The van der Waals surface area contributed by atoms with Crippen LogP contribution in [0, 0.1) is 0 Å². The summed E-state index contributed by atoms with van der Waals surface area (Å²) in [5.41, 5.74) is 2.97. The molecule has 0 aromatic heterocycles. The summed E-state index contributed by atoms with van der Waals surface area (Å²) in [5.74, 6) is 0. The highest BCUT2D eigenvalue weighted by Gasteiger charge is 2.16. The lowest BCUT2D eigenvalue weighted by Crippen LogP contribution is -2.44. The zero-order valence-electron chi connectivity index (χ0n) is 12.0. The van der Waals surface area contributed by atoms with Crippen molar-refractivity contribution in [3.05, 3.63) is 35.9 Å². The van der Waals surface area contributed by atoms with Crippen LogP contribution in [-0.4, -0.2) is 36.8 Å². The van der Waals surface area contributed by atoms with E-state index in [0.717, 1.165) is 31.5 Å². The Hall–Kier alpha value is -1.59. The van der Waals surface area contributed by atoms with E-state index < -0.39 is 6.03 Å². The fourth-order valence-corrected chi connectivity index (χ4v) is 2.25. The number of carbonyl (C=O) groups is 1. The summed E-state index contributed by atoms with van der Waals surface area (Å²) >= 11 is 0. The van der Waals surface area contributed by atoms with Gasteiger partial charge in [0.05, 0.1) is 12.6 Å². The summed E-state index contributed by atoms with van der Waals surface area (Å²) in [4.78, 5) is 17.0. The maximum absolute atomic E-state index is 11.3. The van der Waals surface area contributed by atoms with Crippen LogP contribution in [0.5, 0.6) is 0 Å². The van der Waals surface area contributed by atoms with Crippen molar-refractivity contribution in [3.8, 4) is 0 Å². The third-order valence-electron chi connectivity index (χ3n) is 3.18. The molecule has 0 spiro atoms. The van der Waals surface area contributed by atoms with Gasteiger partial charge >= 0.3 is 6.03 Å². The number of nitrogens with two attached hydrogens (primary N) is 1. The minimum atomic E-state index is -0.504. The first kappa shape index (κ1) is 12.4. The van der Waals surface area contributed by atoms with Crippen molar-refractivity contribution in [3.63, 3.8) is 0 Å². The summed E-state index contributed by atoms with van der Waals surface area (Å²) in [7, 11) is 0. The highest BCUT2D eigenvalue weighted by molar-refractivity contribution is 5.72. The molecule has 0 unspecified atom stereocenters. The van der Waals surface area contributed by atoms with Crippen LogP contribution in [0.1, 0.15) is 18.4 Å². The van der Waals surface area contributed by atoms with Crippen LogP contribution >= 0.6 is 0 Å². The summed E-state index contributed by atoms with van der Waals surface area (Å²) in [5, 5.41) is 4.69. The zero-order valence-corrected chi connectivity index (χ0v) is 11.0. The van der Waals surface area contributed by atoms with Crippen molar-refractivity contribution in [2.45, 2.75) is 25.3 Å². The number of nitrogens with one attached hydrogen (secondary N) is 1. The Kier molecular flexibility index (Phi) is 4.66. The average Bonchev–Trinajstić information content (AvgIpc) is 2.99. The lowest BCUT2D eigenvalue weighted by Gasteiger charge is -2.21. The van der Waals surface area contributed by atoms with Crippen molar-refractivity contribution in [2.24, 2.45) is 5.73 Å². The molecular formula is C14H21N3O2. The van der Waals surface area contributed by atoms with Crippen molar-refractivity contribution >= 4 is 6.03 Å². The first-order valence-electron chi connectivity index (χ1n) is 7.18. The molecule has 1 aliphatic heterocycles. The van der Waals surface area contributed by atoms with Gasteiger partial charge in [-0.25, -0.2) is 4.79 Å². The Labute approximate surface area is 115 Å². The van der Waals surface area contributed by atoms with E-state index in [2.05, 4.69) is 5.32 Å².